The van der Waals surface area contributed by atoms with Gasteiger partial charge in [0.15, 0.2) is 5.82 Å². The average molecular weight is 192 g/mol. The first-order valence-corrected chi connectivity index (χ1v) is 5.12. The molecule has 1 aliphatic heterocycles. The van der Waals surface area contributed by atoms with E-state index in [4.69, 9.17) is 4.74 Å². The minimum Gasteiger partial charge on any atom is -0.488 e. The van der Waals surface area contributed by atoms with Crippen LogP contribution in [0.15, 0.2) is 18.2 Å². The molecular weight excluding hydrogens is 176 g/mol. The van der Waals surface area contributed by atoms with Gasteiger partial charge < -0.3 is 9.30 Å². The molecule has 3 nitrogen and oxygen atoms in total. The summed E-state index contributed by atoms with van der Waals surface area (Å²) in [6.45, 7) is 7.10. The van der Waals surface area contributed by atoms with Gasteiger partial charge in [-0.1, -0.05) is 20.8 Å². The van der Waals surface area contributed by atoms with E-state index in [1.54, 1.807) is 0 Å². The number of allylic oxidation sites excluding steroid dienone is 2. The number of ether oxygens (including phenoxy) is 1. The summed E-state index contributed by atoms with van der Waals surface area (Å²) in [7, 11) is 0. The summed E-state index contributed by atoms with van der Waals surface area (Å²) in [4.78, 5) is 4.26. The lowest BCUT2D eigenvalue weighted by Crippen LogP contribution is -2.16. The van der Waals surface area contributed by atoms with Gasteiger partial charge in [0.1, 0.15) is 12.4 Å². The molecule has 0 fully saturated rings. The van der Waals surface area contributed by atoms with Crippen molar-refractivity contribution in [3.63, 3.8) is 0 Å². The second-order valence-corrected chi connectivity index (χ2v) is 3.82. The number of aromatic nitrogens is 2. The van der Waals surface area contributed by atoms with Gasteiger partial charge in [0.25, 0.3) is 0 Å². The highest BCUT2D eigenvalue weighted by Gasteiger charge is 2.21. The minimum atomic E-state index is 0.471. The normalized spacial score (nSPS) is 15.7. The molecule has 0 spiro atoms. The molecule has 0 bridgehead atoms. The molecule has 0 aromatic carbocycles. The van der Waals surface area contributed by atoms with Crippen LogP contribution in [0.4, 0.5) is 0 Å². The van der Waals surface area contributed by atoms with Crippen LogP contribution in [0.3, 0.4) is 0 Å². The van der Waals surface area contributed by atoms with Crippen LogP contribution in [0.5, 0.6) is 0 Å². The van der Waals surface area contributed by atoms with Gasteiger partial charge in [-0.15, -0.1) is 0 Å². The van der Waals surface area contributed by atoms with Crippen molar-refractivity contribution in [2.24, 2.45) is 5.92 Å². The summed E-state index contributed by atoms with van der Waals surface area (Å²) < 4.78 is 7.84. The van der Waals surface area contributed by atoms with Gasteiger partial charge in [-0.3, -0.25) is 0 Å². The van der Waals surface area contributed by atoms with Crippen LogP contribution in [0.25, 0.3) is 5.70 Å². The van der Waals surface area contributed by atoms with Crippen molar-refractivity contribution < 1.29 is 4.74 Å². The number of rotatable bonds is 2. The molecule has 0 saturated carbocycles. The standard InChI is InChI=1S/C11H16N2O/c1-4-9-11(8(2)3)13-6-5-12-10(13)7-14-9/h5-6,8H,4,7H2,1-3H3. The number of hydrogen-bond acceptors (Lipinski definition) is 2. The van der Waals surface area contributed by atoms with Crippen molar-refractivity contribution in [2.75, 3.05) is 0 Å². The topological polar surface area (TPSA) is 27.1 Å². The van der Waals surface area contributed by atoms with Crippen LogP contribution < -0.4 is 0 Å². The van der Waals surface area contributed by atoms with Crippen molar-refractivity contribution in [3.05, 3.63) is 24.0 Å². The van der Waals surface area contributed by atoms with Gasteiger partial charge in [0, 0.05) is 18.8 Å². The Hall–Kier alpha value is -1.25. The first kappa shape index (κ1) is 9.31. The fraction of sp³-hybridized carbons (Fsp3) is 0.545. The summed E-state index contributed by atoms with van der Waals surface area (Å²) in [5.41, 5.74) is 1.26. The lowest BCUT2D eigenvalue weighted by molar-refractivity contribution is 0.171. The monoisotopic (exact) mass is 192 g/mol. The Bertz CT molecular complexity index is 363. The van der Waals surface area contributed by atoms with Crippen molar-refractivity contribution in [1.82, 2.24) is 9.55 Å². The molecule has 1 aliphatic rings. The molecule has 76 valence electrons. The predicted octanol–water partition coefficient (Wildman–Crippen LogP) is 2.65. The molecule has 2 rings (SSSR count). The Morgan fingerprint density at radius 1 is 1.57 bits per heavy atom. The van der Waals surface area contributed by atoms with E-state index in [0.717, 1.165) is 18.0 Å². The van der Waals surface area contributed by atoms with Crippen molar-refractivity contribution in [1.29, 1.82) is 0 Å². The van der Waals surface area contributed by atoms with Gasteiger partial charge in [-0.05, 0) is 5.92 Å². The Morgan fingerprint density at radius 2 is 2.36 bits per heavy atom. The van der Waals surface area contributed by atoms with E-state index in [1.807, 2.05) is 12.4 Å². The first-order valence-electron chi connectivity index (χ1n) is 5.12. The molecule has 0 N–H and O–H groups in total. The van der Waals surface area contributed by atoms with Gasteiger partial charge in [-0.25, -0.2) is 4.98 Å². The number of nitrogens with zero attached hydrogens (tertiary/aromatic N) is 2. The number of hydrogen-bond donors (Lipinski definition) is 0. The van der Waals surface area contributed by atoms with Gasteiger partial charge in [-0.2, -0.15) is 0 Å². The van der Waals surface area contributed by atoms with Crippen LogP contribution in [0, 0.1) is 5.92 Å². The summed E-state index contributed by atoms with van der Waals surface area (Å²) >= 11 is 0. The fourth-order valence-electron chi connectivity index (χ4n) is 1.90. The molecule has 0 saturated heterocycles. The number of imidazole rings is 1. The van der Waals surface area contributed by atoms with Gasteiger partial charge >= 0.3 is 0 Å². The molecule has 1 aromatic heterocycles. The van der Waals surface area contributed by atoms with Crippen LogP contribution >= 0.6 is 0 Å². The lowest BCUT2D eigenvalue weighted by atomic mass is 10.1. The molecular formula is C11H16N2O. The molecule has 14 heavy (non-hydrogen) atoms. The van der Waals surface area contributed by atoms with Crippen molar-refractivity contribution in [2.45, 2.75) is 33.8 Å². The van der Waals surface area contributed by atoms with Crippen LogP contribution in [0.1, 0.15) is 33.0 Å². The fourth-order valence-corrected chi connectivity index (χ4v) is 1.90. The molecule has 0 aliphatic carbocycles. The van der Waals surface area contributed by atoms with E-state index in [9.17, 15) is 0 Å². The quantitative estimate of drug-likeness (QED) is 0.720. The van der Waals surface area contributed by atoms with Gasteiger partial charge in [0.2, 0.25) is 0 Å². The van der Waals surface area contributed by atoms with Crippen molar-refractivity contribution in [3.8, 4) is 0 Å². The second-order valence-electron chi connectivity index (χ2n) is 3.82. The highest BCUT2D eigenvalue weighted by molar-refractivity contribution is 5.52. The highest BCUT2D eigenvalue weighted by Crippen LogP contribution is 2.29. The maximum Gasteiger partial charge on any atom is 0.151 e. The van der Waals surface area contributed by atoms with E-state index in [-0.39, 0.29) is 0 Å². The average Bonchev–Trinajstić information content (AvgIpc) is 2.62. The summed E-state index contributed by atoms with van der Waals surface area (Å²) in [6.07, 6.45) is 4.80. The smallest absolute Gasteiger partial charge is 0.151 e. The van der Waals surface area contributed by atoms with E-state index >= 15 is 0 Å². The molecule has 0 unspecified atom stereocenters. The second kappa shape index (κ2) is 3.48. The molecule has 0 radical (unpaired) electrons. The Morgan fingerprint density at radius 3 is 3.00 bits per heavy atom. The molecule has 2 heterocycles. The molecule has 1 aromatic rings. The minimum absolute atomic E-state index is 0.471. The van der Waals surface area contributed by atoms with E-state index in [0.29, 0.717) is 12.5 Å². The predicted molar refractivity (Wildman–Crippen MR) is 55.4 cm³/mol. The Kier molecular flexibility index (Phi) is 2.32. The zero-order chi connectivity index (χ0) is 10.1. The van der Waals surface area contributed by atoms with Crippen LogP contribution in [0.2, 0.25) is 0 Å². The lowest BCUT2D eigenvalue weighted by Gasteiger charge is -2.25. The van der Waals surface area contributed by atoms with Gasteiger partial charge in [0.05, 0.1) is 5.70 Å². The third kappa shape index (κ3) is 1.33. The van der Waals surface area contributed by atoms with E-state index < -0.39 is 0 Å². The third-order valence-corrected chi connectivity index (χ3v) is 2.51. The SMILES string of the molecule is CCC1=C(C(C)C)n2ccnc2CO1. The Balaban J connectivity index is 2.51. The molecule has 0 amide bonds. The van der Waals surface area contributed by atoms with Crippen molar-refractivity contribution >= 4 is 5.70 Å². The maximum absolute atomic E-state index is 5.68. The summed E-state index contributed by atoms with van der Waals surface area (Å²) in [6, 6.07) is 0. The number of fused-ring (bicyclic) bond motifs is 1. The zero-order valence-electron chi connectivity index (χ0n) is 8.95. The molecule has 3 heteroatoms. The largest absolute Gasteiger partial charge is 0.488 e. The van der Waals surface area contributed by atoms with Crippen LogP contribution in [-0.4, -0.2) is 9.55 Å². The molecule has 0 atom stereocenters. The summed E-state index contributed by atoms with van der Waals surface area (Å²) in [5, 5.41) is 0. The third-order valence-electron chi connectivity index (χ3n) is 2.51. The van der Waals surface area contributed by atoms with E-state index in [2.05, 4.69) is 30.3 Å². The van der Waals surface area contributed by atoms with Crippen LogP contribution in [-0.2, 0) is 11.3 Å². The highest BCUT2D eigenvalue weighted by atomic mass is 16.5. The summed E-state index contributed by atoms with van der Waals surface area (Å²) in [5.74, 6) is 2.58. The van der Waals surface area contributed by atoms with E-state index in [1.165, 1.54) is 5.70 Å². The first-order chi connectivity index (χ1) is 6.74. The Labute approximate surface area is 84.4 Å². The zero-order valence-corrected chi connectivity index (χ0v) is 8.95. The maximum atomic E-state index is 5.68.